The van der Waals surface area contributed by atoms with Crippen LogP contribution in [0.4, 0.5) is 16.1 Å². The molecular formula is C25H25FN6O5. The molecule has 11 nitrogen and oxygen atoms in total. The topological polar surface area (TPSA) is 132 Å². The monoisotopic (exact) mass is 508 g/mol. The summed E-state index contributed by atoms with van der Waals surface area (Å²) in [7, 11) is 0. The molecule has 2 aliphatic heterocycles. The molecule has 1 N–H and O–H groups in total. The van der Waals surface area contributed by atoms with Gasteiger partial charge in [-0.1, -0.05) is 12.1 Å². The molecule has 3 aromatic rings. The lowest BCUT2D eigenvalue weighted by molar-refractivity contribution is 0.0723. The number of carbonyl (C=O) groups is 2. The van der Waals surface area contributed by atoms with Gasteiger partial charge in [0.25, 0.3) is 17.8 Å². The highest BCUT2D eigenvalue weighted by Crippen LogP contribution is 2.24. The number of amides is 2. The van der Waals surface area contributed by atoms with Gasteiger partial charge in [-0.15, -0.1) is 0 Å². The number of hydrogen-bond donors (Lipinski definition) is 1. The van der Waals surface area contributed by atoms with Crippen LogP contribution in [0.5, 0.6) is 6.01 Å². The van der Waals surface area contributed by atoms with Gasteiger partial charge in [-0.05, 0) is 24.6 Å². The van der Waals surface area contributed by atoms with Crippen molar-refractivity contribution in [3.8, 4) is 6.01 Å². The van der Waals surface area contributed by atoms with E-state index < -0.39 is 24.1 Å². The van der Waals surface area contributed by atoms with Crippen LogP contribution in [0.2, 0.25) is 0 Å². The number of piperidine rings is 1. The van der Waals surface area contributed by atoms with Gasteiger partial charge in [0.1, 0.15) is 12.4 Å². The summed E-state index contributed by atoms with van der Waals surface area (Å²) in [5.74, 6) is -0.935. The molecular weight excluding hydrogens is 483 g/mol. The van der Waals surface area contributed by atoms with E-state index in [-0.39, 0.29) is 35.7 Å². The molecule has 2 fully saturated rings. The second kappa shape index (κ2) is 11.2. The van der Waals surface area contributed by atoms with Crippen molar-refractivity contribution in [2.45, 2.75) is 25.1 Å². The van der Waals surface area contributed by atoms with Gasteiger partial charge in [-0.25, -0.2) is 19.4 Å². The van der Waals surface area contributed by atoms with Crippen LogP contribution in [-0.4, -0.2) is 71.6 Å². The first-order chi connectivity index (χ1) is 18.1. The summed E-state index contributed by atoms with van der Waals surface area (Å²) in [4.78, 5) is 43.3. The fourth-order valence-electron chi connectivity index (χ4n) is 4.06. The van der Waals surface area contributed by atoms with Gasteiger partial charge < -0.3 is 24.1 Å². The Labute approximate surface area is 211 Å². The number of hydrogen-bond acceptors (Lipinski definition) is 9. The summed E-state index contributed by atoms with van der Waals surface area (Å²) in [6.07, 6.45) is 4.98. The van der Waals surface area contributed by atoms with Gasteiger partial charge in [-0.2, -0.15) is 4.98 Å². The maximum absolute atomic E-state index is 14.8. The van der Waals surface area contributed by atoms with Crippen molar-refractivity contribution in [1.29, 1.82) is 0 Å². The summed E-state index contributed by atoms with van der Waals surface area (Å²) >= 11 is 0. The lowest BCUT2D eigenvalue weighted by atomic mass is 10.1. The molecule has 3 atom stereocenters. The van der Waals surface area contributed by atoms with E-state index in [1.54, 1.807) is 41.4 Å². The summed E-state index contributed by atoms with van der Waals surface area (Å²) in [6, 6.07) is 8.47. The Bertz CT molecular complexity index is 1260. The highest BCUT2D eigenvalue weighted by molar-refractivity contribution is 6.09. The first-order valence-electron chi connectivity index (χ1n) is 11.9. The van der Waals surface area contributed by atoms with Crippen molar-refractivity contribution < 1.29 is 27.9 Å². The minimum absolute atomic E-state index is 0.00433. The second-order valence-electron chi connectivity index (χ2n) is 8.66. The van der Waals surface area contributed by atoms with Crippen LogP contribution in [-0.2, 0) is 4.74 Å². The number of nitrogens with zero attached hydrogens (tertiary/aromatic N) is 5. The fraction of sp³-hybridized carbons (Fsp3) is 0.360. The van der Waals surface area contributed by atoms with Crippen LogP contribution < -0.4 is 15.0 Å². The molecule has 0 bridgehead atoms. The molecule has 0 radical (unpaired) electrons. The molecule has 2 aliphatic rings. The van der Waals surface area contributed by atoms with Crippen molar-refractivity contribution in [3.05, 3.63) is 60.2 Å². The first-order valence-corrected chi connectivity index (χ1v) is 11.9. The van der Waals surface area contributed by atoms with Gasteiger partial charge in [0.2, 0.25) is 0 Å². The zero-order valence-electron chi connectivity index (χ0n) is 19.8. The molecule has 0 aliphatic carbocycles. The standard InChI is InChI=1S/C25H25FN6O5/c26-18-13-32(10-6-21(18)37-24-27-8-3-9-28-24)25-31-20(15-36-25)23(34)30-19-5-2-1-4-17(19)22(33)29-12-16-7-11-35-14-16/h1-5,8-9,12,15-16,18,21H,6-7,10-11,13-14H2,(H,30,34)/t16?,18-,21+/m0/s1. The van der Waals surface area contributed by atoms with E-state index in [0.29, 0.717) is 31.9 Å². The number of benzene rings is 1. The Morgan fingerprint density at radius 2 is 2.03 bits per heavy atom. The predicted octanol–water partition coefficient (Wildman–Crippen LogP) is 2.96. The predicted molar refractivity (Wildman–Crippen MR) is 131 cm³/mol. The summed E-state index contributed by atoms with van der Waals surface area (Å²) in [5.41, 5.74) is 0.543. The van der Waals surface area contributed by atoms with E-state index in [4.69, 9.17) is 13.9 Å². The Balaban J connectivity index is 1.20. The number of alkyl halides is 1. The quantitative estimate of drug-likeness (QED) is 0.478. The number of halogens is 1. The molecule has 2 saturated heterocycles. The number of carbonyl (C=O) groups excluding carboxylic acids is 2. The number of ether oxygens (including phenoxy) is 2. The Hall–Kier alpha value is -4.19. The minimum Gasteiger partial charge on any atom is -0.457 e. The van der Waals surface area contributed by atoms with Crippen molar-refractivity contribution in [2.24, 2.45) is 10.9 Å². The Kier molecular flexibility index (Phi) is 7.45. The first kappa shape index (κ1) is 24.5. The largest absolute Gasteiger partial charge is 0.457 e. The maximum atomic E-state index is 14.8. The van der Waals surface area contributed by atoms with Crippen molar-refractivity contribution >= 4 is 29.7 Å². The van der Waals surface area contributed by atoms with Gasteiger partial charge in [0, 0.05) is 44.1 Å². The average molecular weight is 509 g/mol. The Morgan fingerprint density at radius 1 is 1.19 bits per heavy atom. The number of oxazole rings is 1. The zero-order valence-corrected chi connectivity index (χ0v) is 19.8. The number of para-hydroxylation sites is 1. The van der Waals surface area contributed by atoms with Crippen molar-refractivity contribution in [2.75, 3.05) is 36.5 Å². The summed E-state index contributed by atoms with van der Waals surface area (Å²) in [6.45, 7) is 1.57. The highest BCUT2D eigenvalue weighted by atomic mass is 19.1. The van der Waals surface area contributed by atoms with E-state index in [9.17, 15) is 14.0 Å². The van der Waals surface area contributed by atoms with Crippen molar-refractivity contribution in [1.82, 2.24) is 15.0 Å². The third-order valence-corrected chi connectivity index (χ3v) is 6.05. The lowest BCUT2D eigenvalue weighted by Crippen LogP contribution is -2.47. The van der Waals surface area contributed by atoms with Gasteiger partial charge in [0.15, 0.2) is 11.9 Å². The van der Waals surface area contributed by atoms with Crippen LogP contribution in [0.25, 0.3) is 0 Å². The van der Waals surface area contributed by atoms with Gasteiger partial charge >= 0.3 is 6.01 Å². The van der Waals surface area contributed by atoms with E-state index in [2.05, 4.69) is 25.3 Å². The van der Waals surface area contributed by atoms with E-state index in [0.717, 1.165) is 6.42 Å². The molecule has 192 valence electrons. The number of aromatic nitrogens is 3. The summed E-state index contributed by atoms with van der Waals surface area (Å²) in [5, 5.41) is 2.69. The smallest absolute Gasteiger partial charge is 0.316 e. The average Bonchev–Trinajstić information content (AvgIpc) is 3.62. The molecule has 0 saturated carbocycles. The molecule has 5 rings (SSSR count). The number of aliphatic imine (C=N–C) groups is 1. The number of anilines is 2. The third-order valence-electron chi connectivity index (χ3n) is 6.05. The molecule has 12 heteroatoms. The maximum Gasteiger partial charge on any atom is 0.316 e. The van der Waals surface area contributed by atoms with Crippen LogP contribution >= 0.6 is 0 Å². The third kappa shape index (κ3) is 5.97. The number of nitrogens with one attached hydrogen (secondary N) is 1. The summed E-state index contributed by atoms with van der Waals surface area (Å²) < 4.78 is 31.1. The van der Waals surface area contributed by atoms with E-state index in [1.165, 1.54) is 18.7 Å². The van der Waals surface area contributed by atoms with E-state index in [1.807, 2.05) is 0 Å². The van der Waals surface area contributed by atoms with Crippen LogP contribution in [0.15, 0.2) is 58.4 Å². The lowest BCUT2D eigenvalue weighted by Gasteiger charge is -2.33. The number of rotatable bonds is 7. The van der Waals surface area contributed by atoms with Crippen LogP contribution in [0.1, 0.15) is 33.7 Å². The molecule has 1 unspecified atom stereocenters. The molecule has 4 heterocycles. The fourth-order valence-corrected chi connectivity index (χ4v) is 4.06. The SMILES string of the molecule is O=C(Nc1ccccc1C(=O)N=CC1CCOC1)c1coc(N2CC[C@@H](Oc3ncccn3)[C@@H](F)C2)n1. The minimum atomic E-state index is -1.34. The van der Waals surface area contributed by atoms with Crippen LogP contribution in [0.3, 0.4) is 0 Å². The second-order valence-corrected chi connectivity index (χ2v) is 8.66. The zero-order chi connectivity index (χ0) is 25.6. The molecule has 2 amide bonds. The molecule has 0 spiro atoms. The Morgan fingerprint density at radius 3 is 2.81 bits per heavy atom. The van der Waals surface area contributed by atoms with Gasteiger partial charge in [-0.3, -0.25) is 9.59 Å². The normalized spacial score (nSPS) is 21.8. The molecule has 1 aromatic carbocycles. The molecule has 37 heavy (non-hydrogen) atoms. The molecule has 2 aromatic heterocycles. The van der Waals surface area contributed by atoms with Crippen molar-refractivity contribution in [3.63, 3.8) is 0 Å². The van der Waals surface area contributed by atoms with Gasteiger partial charge in [0.05, 0.1) is 24.4 Å². The van der Waals surface area contributed by atoms with Crippen LogP contribution in [0, 0.1) is 5.92 Å². The highest BCUT2D eigenvalue weighted by Gasteiger charge is 2.33. The van der Waals surface area contributed by atoms with E-state index >= 15 is 0 Å².